The quantitative estimate of drug-likeness (QED) is 0.292. The number of allylic oxidation sites excluding steroid dienone is 1. The molecule has 0 fully saturated rings. The van der Waals surface area contributed by atoms with E-state index in [1.165, 1.54) is 18.4 Å². The van der Waals surface area contributed by atoms with Gasteiger partial charge in [-0.25, -0.2) is 9.79 Å². The van der Waals surface area contributed by atoms with Crippen molar-refractivity contribution in [1.29, 1.82) is 5.26 Å². The van der Waals surface area contributed by atoms with E-state index in [-0.39, 0.29) is 18.8 Å². The third kappa shape index (κ3) is 5.33. The molecule has 1 aliphatic rings. The molecule has 10 heteroatoms. The summed E-state index contributed by atoms with van der Waals surface area (Å²) in [6.45, 7) is 5.60. The summed E-state index contributed by atoms with van der Waals surface area (Å²) >= 11 is 3.36. The average Bonchev–Trinajstić information content (AvgIpc) is 3.17. The highest BCUT2D eigenvalue weighted by atomic mass is 127. The molecule has 0 radical (unpaired) electrons. The second-order valence-corrected chi connectivity index (χ2v) is 10.4. The van der Waals surface area contributed by atoms with Crippen LogP contribution in [0.5, 0.6) is 11.5 Å². The first-order valence-electron chi connectivity index (χ1n) is 11.4. The molecule has 1 atom stereocenters. The van der Waals surface area contributed by atoms with Gasteiger partial charge >= 0.3 is 5.97 Å². The minimum Gasteiger partial charge on any atom is -0.493 e. The molecule has 3 aromatic rings. The van der Waals surface area contributed by atoms with E-state index in [2.05, 4.69) is 27.6 Å². The zero-order valence-electron chi connectivity index (χ0n) is 20.7. The number of esters is 1. The maximum atomic E-state index is 13.8. The highest BCUT2D eigenvalue weighted by Gasteiger charge is 2.33. The normalized spacial score (nSPS) is 15.0. The van der Waals surface area contributed by atoms with E-state index in [1.807, 2.05) is 43.3 Å². The number of hydrogen-bond donors (Lipinski definition) is 0. The summed E-state index contributed by atoms with van der Waals surface area (Å²) in [6.07, 6.45) is 1.76. The number of thiazole rings is 1. The fraction of sp³-hybridized carbons (Fsp3) is 0.259. The van der Waals surface area contributed by atoms with Crippen molar-refractivity contribution in [3.63, 3.8) is 0 Å². The van der Waals surface area contributed by atoms with Gasteiger partial charge in [-0.05, 0) is 72.7 Å². The lowest BCUT2D eigenvalue weighted by Gasteiger charge is -2.24. The number of nitrogens with zero attached hydrogens (tertiary/aromatic N) is 3. The number of fused-ring (bicyclic) bond motifs is 1. The van der Waals surface area contributed by atoms with Crippen molar-refractivity contribution in [2.75, 3.05) is 20.3 Å². The van der Waals surface area contributed by atoms with Crippen LogP contribution in [0.25, 0.3) is 6.08 Å². The third-order valence-electron chi connectivity index (χ3n) is 5.74. The van der Waals surface area contributed by atoms with Gasteiger partial charge in [0.15, 0.2) is 22.9 Å². The van der Waals surface area contributed by atoms with Crippen LogP contribution in [0.3, 0.4) is 0 Å². The zero-order valence-corrected chi connectivity index (χ0v) is 23.7. The van der Waals surface area contributed by atoms with Gasteiger partial charge in [0.2, 0.25) is 0 Å². The summed E-state index contributed by atoms with van der Waals surface area (Å²) < 4.78 is 19.1. The molecular weight excluding hydrogens is 605 g/mol. The largest absolute Gasteiger partial charge is 0.493 e. The number of carbonyl (C=O) groups excluding carboxylic acids is 1. The van der Waals surface area contributed by atoms with E-state index in [9.17, 15) is 9.59 Å². The Morgan fingerprint density at radius 2 is 2.00 bits per heavy atom. The number of nitriles is 1. The van der Waals surface area contributed by atoms with Crippen LogP contribution in [-0.4, -0.2) is 30.9 Å². The van der Waals surface area contributed by atoms with Crippen molar-refractivity contribution >= 4 is 46.0 Å². The molecule has 0 spiro atoms. The predicted molar refractivity (Wildman–Crippen MR) is 148 cm³/mol. The highest BCUT2D eigenvalue weighted by molar-refractivity contribution is 14.1. The van der Waals surface area contributed by atoms with Crippen LogP contribution in [0.15, 0.2) is 57.5 Å². The zero-order chi connectivity index (χ0) is 26.7. The van der Waals surface area contributed by atoms with E-state index in [4.69, 9.17) is 19.5 Å². The summed E-state index contributed by atoms with van der Waals surface area (Å²) in [5.74, 6) is 0.437. The van der Waals surface area contributed by atoms with Gasteiger partial charge in [0, 0.05) is 0 Å². The molecule has 2 heterocycles. The van der Waals surface area contributed by atoms with Gasteiger partial charge in [0.25, 0.3) is 5.56 Å². The van der Waals surface area contributed by atoms with Crippen molar-refractivity contribution in [3.8, 4) is 17.6 Å². The Morgan fingerprint density at radius 1 is 1.27 bits per heavy atom. The molecular formula is C27H24IN3O5S. The Hall–Kier alpha value is -3.43. The summed E-state index contributed by atoms with van der Waals surface area (Å²) in [5.41, 5.74) is 3.20. The van der Waals surface area contributed by atoms with Crippen LogP contribution in [0.4, 0.5) is 0 Å². The second-order valence-electron chi connectivity index (χ2n) is 8.19. The number of carbonyl (C=O) groups is 1. The SMILES string of the molecule is CCOC(=O)C1=C(C)N=c2s/c(=C/c3cc(I)c(OCC#N)c(OC)c3)c(=O)n2[C@@H]1c1ccc(C)cc1. The van der Waals surface area contributed by atoms with Gasteiger partial charge in [-0.3, -0.25) is 9.36 Å². The van der Waals surface area contributed by atoms with E-state index >= 15 is 0 Å². The Labute approximate surface area is 231 Å². The van der Waals surface area contributed by atoms with Crippen molar-refractivity contribution in [3.05, 3.63) is 87.6 Å². The standard InChI is InChI=1S/C27H24IN3O5S/c1-5-35-26(33)22-16(3)30-27-31(23(22)18-8-6-15(2)7-9-18)25(32)21(37-27)14-17-12-19(28)24(36-11-10-29)20(13-17)34-4/h6-9,12-14,23H,5,11H2,1-4H3/b21-14+/t23-/m1/s1. The first-order chi connectivity index (χ1) is 17.8. The Kier molecular flexibility index (Phi) is 8.14. The molecule has 0 N–H and O–H groups in total. The summed E-state index contributed by atoms with van der Waals surface area (Å²) in [4.78, 5) is 31.9. The molecule has 4 rings (SSSR count). The van der Waals surface area contributed by atoms with Crippen LogP contribution >= 0.6 is 33.9 Å². The van der Waals surface area contributed by atoms with E-state index in [1.54, 1.807) is 30.6 Å². The number of halogens is 1. The Morgan fingerprint density at radius 3 is 2.65 bits per heavy atom. The third-order valence-corrected chi connectivity index (χ3v) is 7.52. The minimum atomic E-state index is -0.658. The molecule has 0 amide bonds. The number of hydrogen-bond acceptors (Lipinski definition) is 8. The number of aryl methyl sites for hydroxylation is 1. The molecule has 0 saturated heterocycles. The van der Waals surface area contributed by atoms with Crippen LogP contribution in [0.2, 0.25) is 0 Å². The molecule has 2 aromatic carbocycles. The van der Waals surface area contributed by atoms with Gasteiger partial charge in [-0.2, -0.15) is 5.26 Å². The van der Waals surface area contributed by atoms with E-state index in [0.717, 1.165) is 20.3 Å². The maximum absolute atomic E-state index is 13.8. The Balaban J connectivity index is 1.90. The monoisotopic (exact) mass is 629 g/mol. The van der Waals surface area contributed by atoms with E-state index < -0.39 is 12.0 Å². The van der Waals surface area contributed by atoms with Crippen molar-refractivity contribution in [2.45, 2.75) is 26.8 Å². The van der Waals surface area contributed by atoms with Crippen LogP contribution < -0.4 is 24.4 Å². The fourth-order valence-electron chi connectivity index (χ4n) is 4.07. The lowest BCUT2D eigenvalue weighted by molar-refractivity contribution is -0.139. The number of aromatic nitrogens is 1. The second kappa shape index (κ2) is 11.3. The topological polar surface area (TPSA) is 103 Å². The molecule has 1 aliphatic heterocycles. The number of methoxy groups -OCH3 is 1. The summed E-state index contributed by atoms with van der Waals surface area (Å²) in [7, 11) is 1.52. The summed E-state index contributed by atoms with van der Waals surface area (Å²) in [6, 6.07) is 12.6. The van der Waals surface area contributed by atoms with Gasteiger partial charge < -0.3 is 14.2 Å². The maximum Gasteiger partial charge on any atom is 0.338 e. The molecule has 0 bridgehead atoms. The average molecular weight is 629 g/mol. The number of ether oxygens (including phenoxy) is 3. The molecule has 0 aliphatic carbocycles. The lowest BCUT2D eigenvalue weighted by atomic mass is 9.95. The number of benzene rings is 2. The molecule has 0 saturated carbocycles. The van der Waals surface area contributed by atoms with Crippen molar-refractivity contribution < 1.29 is 19.0 Å². The van der Waals surface area contributed by atoms with Crippen LogP contribution in [0.1, 0.15) is 36.6 Å². The highest BCUT2D eigenvalue weighted by Crippen LogP contribution is 2.34. The van der Waals surface area contributed by atoms with Crippen molar-refractivity contribution in [2.24, 2.45) is 4.99 Å². The van der Waals surface area contributed by atoms with Crippen molar-refractivity contribution in [1.82, 2.24) is 4.57 Å². The van der Waals surface area contributed by atoms with Gasteiger partial charge in [-0.15, -0.1) is 0 Å². The molecule has 190 valence electrons. The lowest BCUT2D eigenvalue weighted by Crippen LogP contribution is -2.39. The molecule has 37 heavy (non-hydrogen) atoms. The fourth-order valence-corrected chi connectivity index (χ4v) is 5.90. The first kappa shape index (κ1) is 26.6. The van der Waals surface area contributed by atoms with Gasteiger partial charge in [-0.1, -0.05) is 41.2 Å². The predicted octanol–water partition coefficient (Wildman–Crippen LogP) is 3.62. The number of rotatable bonds is 7. The van der Waals surface area contributed by atoms with Crippen LogP contribution in [0, 0.1) is 21.8 Å². The Bertz CT molecular complexity index is 1610. The first-order valence-corrected chi connectivity index (χ1v) is 13.3. The molecule has 0 unspecified atom stereocenters. The summed E-state index contributed by atoms with van der Waals surface area (Å²) in [5, 5.41) is 8.86. The van der Waals surface area contributed by atoms with Crippen LogP contribution in [-0.2, 0) is 9.53 Å². The molecule has 1 aromatic heterocycles. The molecule has 8 nitrogen and oxygen atoms in total. The van der Waals surface area contributed by atoms with E-state index in [0.29, 0.717) is 32.1 Å². The smallest absolute Gasteiger partial charge is 0.338 e. The van der Waals surface area contributed by atoms with Gasteiger partial charge in [0.1, 0.15) is 6.07 Å². The minimum absolute atomic E-state index is 0.106. The van der Waals surface area contributed by atoms with Gasteiger partial charge in [0.05, 0.1) is 39.1 Å².